The Hall–Kier alpha value is -2.21. The van der Waals surface area contributed by atoms with E-state index >= 15 is 0 Å². The number of amides is 1. The van der Waals surface area contributed by atoms with E-state index in [1.54, 1.807) is 18.0 Å². The van der Waals surface area contributed by atoms with E-state index in [1.165, 1.54) is 5.51 Å². The molecule has 1 aliphatic heterocycles. The van der Waals surface area contributed by atoms with E-state index in [4.69, 9.17) is 5.11 Å². The van der Waals surface area contributed by atoms with Crippen molar-refractivity contribution in [3.05, 3.63) is 34.2 Å². The zero-order valence-electron chi connectivity index (χ0n) is 10.1. The molecule has 0 bridgehead atoms. The number of carbonyl (C=O) groups is 2. The summed E-state index contributed by atoms with van der Waals surface area (Å²) in [5.74, 6) is -0.935. The number of likely N-dealkylation sites (N-methyl/N-ethyl adjacent to an activating group) is 1. The fraction of sp³-hybridized carbons (Fsp3) is 0.154. The first-order chi connectivity index (χ1) is 9.08. The zero-order valence-corrected chi connectivity index (χ0v) is 10.9. The minimum atomic E-state index is -0.980. The van der Waals surface area contributed by atoms with E-state index in [-0.39, 0.29) is 10.8 Å². The van der Waals surface area contributed by atoms with Crippen molar-refractivity contribution in [3.8, 4) is 11.3 Å². The molecule has 1 amide bonds. The maximum absolute atomic E-state index is 11.6. The van der Waals surface area contributed by atoms with Crippen molar-refractivity contribution in [1.29, 1.82) is 0 Å². The molecular formula is C13H10N2O3S. The Labute approximate surface area is 113 Å². The summed E-state index contributed by atoms with van der Waals surface area (Å²) in [6.07, 6.45) is 0.353. The van der Waals surface area contributed by atoms with Crippen LogP contribution in [-0.2, 0) is 11.2 Å². The number of fused-ring (bicyclic) bond motifs is 1. The molecule has 0 fully saturated rings. The predicted molar refractivity (Wildman–Crippen MR) is 71.6 cm³/mol. The number of carboxylic acids is 1. The Kier molecular flexibility index (Phi) is 2.60. The third-order valence-electron chi connectivity index (χ3n) is 3.19. The molecule has 0 aliphatic carbocycles. The van der Waals surface area contributed by atoms with E-state index in [0.717, 1.165) is 28.2 Å². The van der Waals surface area contributed by atoms with Crippen LogP contribution in [-0.4, -0.2) is 29.0 Å². The lowest BCUT2D eigenvalue weighted by atomic mass is 10.1. The lowest BCUT2D eigenvalue weighted by molar-refractivity contribution is -0.117. The van der Waals surface area contributed by atoms with Crippen molar-refractivity contribution in [2.24, 2.45) is 0 Å². The van der Waals surface area contributed by atoms with E-state index in [9.17, 15) is 9.59 Å². The molecule has 1 aromatic heterocycles. The molecule has 1 aromatic carbocycles. The molecule has 0 unspecified atom stereocenters. The van der Waals surface area contributed by atoms with Crippen LogP contribution >= 0.6 is 11.3 Å². The predicted octanol–water partition coefficient (Wildman–Crippen LogP) is 2.03. The fourth-order valence-corrected chi connectivity index (χ4v) is 2.87. The number of nitrogens with zero attached hydrogens (tertiary/aromatic N) is 2. The van der Waals surface area contributed by atoms with Gasteiger partial charge in [0.25, 0.3) is 0 Å². The monoisotopic (exact) mass is 274 g/mol. The molecule has 2 heterocycles. The van der Waals surface area contributed by atoms with Crippen LogP contribution in [0.1, 0.15) is 15.2 Å². The summed E-state index contributed by atoms with van der Waals surface area (Å²) < 4.78 is 0. The molecule has 1 aliphatic rings. The van der Waals surface area contributed by atoms with Crippen molar-refractivity contribution < 1.29 is 14.7 Å². The summed E-state index contributed by atoms with van der Waals surface area (Å²) in [6.45, 7) is 0. The molecule has 0 saturated carbocycles. The van der Waals surface area contributed by atoms with Gasteiger partial charge < -0.3 is 10.0 Å². The second kappa shape index (κ2) is 4.17. The Balaban J connectivity index is 2.09. The van der Waals surface area contributed by atoms with Gasteiger partial charge in [0.2, 0.25) is 5.91 Å². The number of thiazole rings is 1. The van der Waals surface area contributed by atoms with Crippen LogP contribution in [0.15, 0.2) is 23.7 Å². The van der Waals surface area contributed by atoms with Gasteiger partial charge in [0, 0.05) is 18.3 Å². The number of rotatable bonds is 2. The first-order valence-corrected chi connectivity index (χ1v) is 6.52. The molecule has 96 valence electrons. The molecule has 0 saturated heterocycles. The summed E-state index contributed by atoms with van der Waals surface area (Å²) in [5.41, 5.74) is 4.50. The molecule has 2 aromatic rings. The second-order valence-corrected chi connectivity index (χ2v) is 5.16. The highest BCUT2D eigenvalue weighted by Gasteiger charge is 2.25. The van der Waals surface area contributed by atoms with E-state index in [0.29, 0.717) is 12.1 Å². The number of hydrogen-bond donors (Lipinski definition) is 1. The van der Waals surface area contributed by atoms with Crippen LogP contribution in [0.4, 0.5) is 5.69 Å². The zero-order chi connectivity index (χ0) is 13.6. The Morgan fingerprint density at radius 3 is 3.00 bits per heavy atom. The van der Waals surface area contributed by atoms with Gasteiger partial charge in [0.15, 0.2) is 0 Å². The van der Waals surface area contributed by atoms with Gasteiger partial charge in [-0.25, -0.2) is 9.78 Å². The molecule has 1 N–H and O–H groups in total. The van der Waals surface area contributed by atoms with Crippen molar-refractivity contribution in [1.82, 2.24) is 4.98 Å². The fourth-order valence-electron chi connectivity index (χ4n) is 2.22. The molecule has 19 heavy (non-hydrogen) atoms. The number of carbonyl (C=O) groups excluding carboxylic acids is 1. The van der Waals surface area contributed by atoms with Gasteiger partial charge in [-0.05, 0) is 17.7 Å². The molecule has 3 rings (SSSR count). The minimum absolute atomic E-state index is 0.0453. The number of aromatic carboxylic acids is 1. The molecule has 0 atom stereocenters. The van der Waals surface area contributed by atoms with Crippen molar-refractivity contribution >= 4 is 28.9 Å². The first-order valence-electron chi connectivity index (χ1n) is 5.64. The minimum Gasteiger partial charge on any atom is -0.477 e. The highest BCUT2D eigenvalue weighted by molar-refractivity contribution is 7.12. The summed E-state index contributed by atoms with van der Waals surface area (Å²) in [7, 11) is 1.74. The number of aromatic nitrogens is 1. The van der Waals surface area contributed by atoms with E-state index in [1.807, 2.05) is 12.1 Å². The van der Waals surface area contributed by atoms with E-state index in [2.05, 4.69) is 4.98 Å². The van der Waals surface area contributed by atoms with Crippen LogP contribution < -0.4 is 4.90 Å². The van der Waals surface area contributed by atoms with Gasteiger partial charge >= 0.3 is 5.97 Å². The maximum Gasteiger partial charge on any atom is 0.348 e. The van der Waals surface area contributed by atoms with E-state index < -0.39 is 5.97 Å². The quantitative estimate of drug-likeness (QED) is 0.909. The number of carboxylic acid groups (broad SMARTS) is 1. The number of benzene rings is 1. The van der Waals surface area contributed by atoms with Gasteiger partial charge in [-0.2, -0.15) is 0 Å². The second-order valence-electron chi connectivity index (χ2n) is 4.31. The van der Waals surface area contributed by atoms with Crippen LogP contribution in [0.2, 0.25) is 0 Å². The summed E-state index contributed by atoms with van der Waals surface area (Å²) in [4.78, 5) is 28.7. The summed E-state index contributed by atoms with van der Waals surface area (Å²) in [5, 5.41) is 9.10. The van der Waals surface area contributed by atoms with Gasteiger partial charge in [0.05, 0.1) is 17.6 Å². The highest BCUT2D eigenvalue weighted by atomic mass is 32.1. The van der Waals surface area contributed by atoms with Crippen LogP contribution in [0.5, 0.6) is 0 Å². The maximum atomic E-state index is 11.6. The lowest BCUT2D eigenvalue weighted by Crippen LogP contribution is -2.20. The smallest absolute Gasteiger partial charge is 0.348 e. The van der Waals surface area contributed by atoms with Gasteiger partial charge in [0.1, 0.15) is 4.88 Å². The third kappa shape index (κ3) is 1.80. The molecule has 6 heteroatoms. The Morgan fingerprint density at radius 1 is 1.47 bits per heavy atom. The topological polar surface area (TPSA) is 70.5 Å². The van der Waals surface area contributed by atoms with Crippen LogP contribution in [0.25, 0.3) is 11.3 Å². The van der Waals surface area contributed by atoms with Gasteiger partial charge in [-0.3, -0.25) is 4.79 Å². The molecule has 5 nitrogen and oxygen atoms in total. The number of anilines is 1. The van der Waals surface area contributed by atoms with Crippen molar-refractivity contribution in [2.45, 2.75) is 6.42 Å². The Morgan fingerprint density at radius 2 is 2.26 bits per heavy atom. The van der Waals surface area contributed by atoms with Gasteiger partial charge in [-0.1, -0.05) is 6.07 Å². The lowest BCUT2D eigenvalue weighted by Gasteiger charge is -2.10. The van der Waals surface area contributed by atoms with Gasteiger partial charge in [-0.15, -0.1) is 11.3 Å². The highest BCUT2D eigenvalue weighted by Crippen LogP contribution is 2.33. The van der Waals surface area contributed by atoms with Crippen LogP contribution in [0.3, 0.4) is 0 Å². The molecule has 0 radical (unpaired) electrons. The third-order valence-corrected chi connectivity index (χ3v) is 4.01. The number of hydrogen-bond acceptors (Lipinski definition) is 4. The Bertz CT molecular complexity index is 693. The normalized spacial score (nSPS) is 13.7. The van der Waals surface area contributed by atoms with Crippen LogP contribution in [0, 0.1) is 0 Å². The average Bonchev–Trinajstić information content (AvgIpc) is 2.95. The summed E-state index contributed by atoms with van der Waals surface area (Å²) in [6, 6.07) is 5.48. The first kappa shape index (κ1) is 11.9. The SMILES string of the molecule is CN1C(=O)Cc2cc(-c3ncsc3C(=O)O)ccc21. The van der Waals surface area contributed by atoms with Crippen molar-refractivity contribution in [2.75, 3.05) is 11.9 Å². The summed E-state index contributed by atoms with van der Waals surface area (Å²) >= 11 is 1.10. The standard InChI is InChI=1S/C13H10N2O3S/c1-15-9-3-2-7(4-8(9)5-10(15)16)11-12(13(17)18)19-6-14-11/h2-4,6H,5H2,1H3,(H,17,18). The average molecular weight is 274 g/mol. The van der Waals surface area contributed by atoms with Crippen molar-refractivity contribution in [3.63, 3.8) is 0 Å². The molecule has 0 spiro atoms. The molecular weight excluding hydrogens is 264 g/mol. The largest absolute Gasteiger partial charge is 0.477 e.